The lowest BCUT2D eigenvalue weighted by Crippen LogP contribution is -2.38. The van der Waals surface area contributed by atoms with Crippen LogP contribution in [0.25, 0.3) is 11.1 Å². The van der Waals surface area contributed by atoms with Gasteiger partial charge in [0.05, 0.1) is 37.3 Å². The van der Waals surface area contributed by atoms with Crippen LogP contribution < -0.4 is 19.7 Å². The van der Waals surface area contributed by atoms with Gasteiger partial charge in [0.25, 0.3) is 16.0 Å². The van der Waals surface area contributed by atoms with Gasteiger partial charge in [-0.2, -0.15) is 13.5 Å². The number of nitrogens with zero attached hydrogens (tertiary/aromatic N) is 3. The van der Waals surface area contributed by atoms with Crippen molar-refractivity contribution in [3.63, 3.8) is 0 Å². The number of carbonyl (C=O) groups excluding carboxylic acids is 2. The maximum Gasteiger partial charge on any atom is 0.266 e. The minimum atomic E-state index is -4.31. The number of anilines is 1. The molecule has 0 atom stereocenters. The molecule has 14 heteroatoms. The molecule has 2 N–H and O–H groups in total. The maximum atomic E-state index is 14.9. The van der Waals surface area contributed by atoms with Gasteiger partial charge in [-0.15, -0.1) is 0 Å². The molecular formula is C33H34F2N4O7S. The molecule has 5 rings (SSSR count). The van der Waals surface area contributed by atoms with Crippen LogP contribution in [0.5, 0.6) is 11.5 Å². The van der Waals surface area contributed by atoms with E-state index in [9.17, 15) is 26.8 Å². The number of aromatic nitrogens is 2. The molecule has 1 aliphatic heterocycles. The quantitative estimate of drug-likeness (QED) is 0.164. The largest absolute Gasteiger partial charge is 0.493 e. The minimum Gasteiger partial charge on any atom is -0.493 e. The van der Waals surface area contributed by atoms with Crippen LogP contribution in [-0.2, 0) is 21.5 Å². The Morgan fingerprint density at radius 1 is 1.11 bits per heavy atom. The number of rotatable bonds is 12. The molecule has 0 spiro atoms. The molecule has 1 aromatic heterocycles. The number of carbonyl (C=O) groups is 2. The number of benzene rings is 3. The first-order valence-corrected chi connectivity index (χ1v) is 16.5. The average molecular weight is 669 g/mol. The summed E-state index contributed by atoms with van der Waals surface area (Å²) >= 11 is 0. The molecule has 0 bridgehead atoms. The fourth-order valence-corrected chi connectivity index (χ4v) is 5.55. The van der Waals surface area contributed by atoms with Crippen LogP contribution >= 0.6 is 0 Å². The van der Waals surface area contributed by atoms with Crippen LogP contribution in [0.1, 0.15) is 39.9 Å². The van der Waals surface area contributed by atoms with Crippen LogP contribution in [0, 0.1) is 25.5 Å². The number of para-hydroxylation sites is 1. The lowest BCUT2D eigenvalue weighted by molar-refractivity contribution is -0.119. The number of aryl methyl sites for hydroxylation is 1. The Balaban J connectivity index is 1.24. The smallest absolute Gasteiger partial charge is 0.266 e. The minimum absolute atomic E-state index is 0.0616. The van der Waals surface area contributed by atoms with Gasteiger partial charge in [-0.1, -0.05) is 24.3 Å². The molecule has 47 heavy (non-hydrogen) atoms. The lowest BCUT2D eigenvalue weighted by atomic mass is 10.1. The molecule has 3 aromatic carbocycles. The molecule has 0 saturated carbocycles. The van der Waals surface area contributed by atoms with Crippen molar-refractivity contribution in [1.29, 1.82) is 0 Å². The highest BCUT2D eigenvalue weighted by molar-refractivity contribution is 7.85. The summed E-state index contributed by atoms with van der Waals surface area (Å²) in [6.07, 6.45) is 3.95. The standard InChI is InChI=1S/C33H34F2N4O7S/c1-21-6-3-9-30(22(21)2)45-13-5-10-31(40)39-12-14-46-32-25(7-4-8-29(32)39)24-18-37-38(19-24)20-26-27(34)16-23(17-28(26)35)33(41)36-11-15-47(42,43)44/h3-4,6-9,16-19H,5,10-15,20H2,1-2H3,(H,36,41)(H,42,43,44). The molecular weight excluding hydrogens is 634 g/mol. The fourth-order valence-electron chi connectivity index (χ4n) is 5.19. The highest BCUT2D eigenvalue weighted by atomic mass is 32.2. The molecule has 0 saturated heterocycles. The second-order valence-electron chi connectivity index (χ2n) is 11.1. The average Bonchev–Trinajstić information content (AvgIpc) is 3.50. The summed E-state index contributed by atoms with van der Waals surface area (Å²) in [5.74, 6) is -2.37. The topological polar surface area (TPSA) is 140 Å². The number of hydrogen-bond donors (Lipinski definition) is 2. The molecule has 0 aliphatic carbocycles. The third-order valence-electron chi connectivity index (χ3n) is 7.81. The van der Waals surface area contributed by atoms with Crippen molar-refractivity contribution in [2.24, 2.45) is 0 Å². The van der Waals surface area contributed by atoms with Gasteiger partial charge < -0.3 is 19.7 Å². The van der Waals surface area contributed by atoms with Gasteiger partial charge in [-0.3, -0.25) is 18.8 Å². The van der Waals surface area contributed by atoms with E-state index < -0.39 is 40.0 Å². The summed E-state index contributed by atoms with van der Waals surface area (Å²) in [6, 6.07) is 13.0. The maximum absolute atomic E-state index is 14.9. The van der Waals surface area contributed by atoms with E-state index >= 15 is 0 Å². The van der Waals surface area contributed by atoms with E-state index in [0.29, 0.717) is 42.1 Å². The van der Waals surface area contributed by atoms with Crippen molar-refractivity contribution in [3.8, 4) is 22.6 Å². The number of nitrogens with one attached hydrogen (secondary N) is 1. The third-order valence-corrected chi connectivity index (χ3v) is 8.53. The molecule has 0 radical (unpaired) electrons. The Kier molecular flexibility index (Phi) is 10.2. The van der Waals surface area contributed by atoms with Gasteiger partial charge >= 0.3 is 0 Å². The molecule has 4 aromatic rings. The summed E-state index contributed by atoms with van der Waals surface area (Å²) in [5, 5.41) is 6.44. The van der Waals surface area contributed by atoms with Crippen molar-refractivity contribution in [2.45, 2.75) is 33.2 Å². The molecule has 0 fully saturated rings. The van der Waals surface area contributed by atoms with Crippen molar-refractivity contribution < 1.29 is 40.8 Å². The van der Waals surface area contributed by atoms with E-state index in [-0.39, 0.29) is 36.6 Å². The van der Waals surface area contributed by atoms with E-state index in [1.165, 1.54) is 10.9 Å². The second-order valence-corrected chi connectivity index (χ2v) is 12.7. The Hall–Kier alpha value is -4.82. The first kappa shape index (κ1) is 33.5. The zero-order chi connectivity index (χ0) is 33.7. The Morgan fingerprint density at radius 2 is 1.85 bits per heavy atom. The lowest BCUT2D eigenvalue weighted by Gasteiger charge is -2.31. The summed E-state index contributed by atoms with van der Waals surface area (Å²) < 4.78 is 73.5. The highest BCUT2D eigenvalue weighted by Gasteiger charge is 2.26. The van der Waals surface area contributed by atoms with Gasteiger partial charge in [-0.25, -0.2) is 8.78 Å². The second kappa shape index (κ2) is 14.3. The number of ether oxygens (including phenoxy) is 2. The fraction of sp³-hybridized carbons (Fsp3) is 0.303. The normalized spacial score (nSPS) is 12.7. The Labute approximate surface area is 270 Å². The van der Waals surface area contributed by atoms with Gasteiger partial charge in [0.2, 0.25) is 5.91 Å². The van der Waals surface area contributed by atoms with E-state index in [1.54, 1.807) is 23.2 Å². The molecule has 1 aliphatic rings. The summed E-state index contributed by atoms with van der Waals surface area (Å²) in [5.41, 5.74) is 3.41. The summed E-state index contributed by atoms with van der Waals surface area (Å²) in [7, 11) is -4.31. The van der Waals surface area contributed by atoms with Gasteiger partial charge in [0.1, 0.15) is 24.0 Å². The Morgan fingerprint density at radius 3 is 2.60 bits per heavy atom. The van der Waals surface area contributed by atoms with E-state index in [1.807, 2.05) is 38.1 Å². The first-order chi connectivity index (χ1) is 22.4. The van der Waals surface area contributed by atoms with E-state index in [0.717, 1.165) is 29.0 Å². The monoisotopic (exact) mass is 668 g/mol. The predicted molar refractivity (Wildman–Crippen MR) is 170 cm³/mol. The molecule has 2 heterocycles. The van der Waals surface area contributed by atoms with Gasteiger partial charge in [-0.05, 0) is 55.7 Å². The number of amides is 2. The number of halogens is 2. The predicted octanol–water partition coefficient (Wildman–Crippen LogP) is 4.70. The van der Waals surface area contributed by atoms with Crippen LogP contribution in [-0.4, -0.2) is 66.6 Å². The van der Waals surface area contributed by atoms with Crippen molar-refractivity contribution >= 4 is 27.6 Å². The first-order valence-electron chi connectivity index (χ1n) is 14.9. The van der Waals surface area contributed by atoms with E-state index in [2.05, 4.69) is 10.4 Å². The molecule has 248 valence electrons. The SMILES string of the molecule is Cc1cccc(OCCCC(=O)N2CCOc3c(-c4cnn(Cc5c(F)cc(C(=O)NCCS(=O)(=O)O)cc5F)c4)cccc32)c1C. The Bertz CT molecular complexity index is 1890. The van der Waals surface area contributed by atoms with Crippen LogP contribution in [0.3, 0.4) is 0 Å². The van der Waals surface area contributed by atoms with Gasteiger partial charge in [0.15, 0.2) is 5.75 Å². The molecule has 11 nitrogen and oxygen atoms in total. The summed E-state index contributed by atoms with van der Waals surface area (Å²) in [6.45, 7) is 4.39. The van der Waals surface area contributed by atoms with Crippen LogP contribution in [0.15, 0.2) is 60.9 Å². The van der Waals surface area contributed by atoms with E-state index in [4.69, 9.17) is 14.0 Å². The number of fused-ring (bicyclic) bond motifs is 1. The molecule has 2 amide bonds. The zero-order valence-electron chi connectivity index (χ0n) is 25.8. The summed E-state index contributed by atoms with van der Waals surface area (Å²) in [4.78, 5) is 27.1. The number of hydrogen-bond acceptors (Lipinski definition) is 7. The van der Waals surface area contributed by atoms with Crippen molar-refractivity contribution in [3.05, 3.63) is 94.8 Å². The van der Waals surface area contributed by atoms with Crippen LogP contribution in [0.4, 0.5) is 14.5 Å². The highest BCUT2D eigenvalue weighted by Crippen LogP contribution is 2.41. The van der Waals surface area contributed by atoms with Crippen molar-refractivity contribution in [2.75, 3.05) is 37.0 Å². The van der Waals surface area contributed by atoms with Crippen molar-refractivity contribution in [1.82, 2.24) is 15.1 Å². The zero-order valence-corrected chi connectivity index (χ0v) is 26.6. The van der Waals surface area contributed by atoms with Gasteiger partial charge in [0, 0.05) is 41.4 Å². The molecule has 0 unspecified atom stereocenters. The third kappa shape index (κ3) is 8.13. The van der Waals surface area contributed by atoms with Crippen LogP contribution in [0.2, 0.25) is 0 Å².